The molecular weight excluding hydrogens is 338 g/mol. The highest BCUT2D eigenvalue weighted by Gasteiger charge is 2.12. The van der Waals surface area contributed by atoms with E-state index in [1.54, 1.807) is 0 Å². The molecule has 1 N–H and O–H groups in total. The molecule has 1 saturated heterocycles. The van der Waals surface area contributed by atoms with E-state index < -0.39 is 0 Å². The molecule has 0 saturated carbocycles. The van der Waals surface area contributed by atoms with E-state index in [9.17, 15) is 4.79 Å². The number of morpholine rings is 1. The SMILES string of the molecule is CN(CCN1CCOCC1)c1ccc2c(=O)[nH]c(-c3ccccc3)cc2c1. The Hall–Kier alpha value is -2.63. The highest BCUT2D eigenvalue weighted by molar-refractivity contribution is 5.88. The average Bonchev–Trinajstić information content (AvgIpc) is 2.73. The number of hydrogen-bond donors (Lipinski definition) is 1. The van der Waals surface area contributed by atoms with Crippen LogP contribution in [0.5, 0.6) is 0 Å². The fraction of sp³-hybridized carbons (Fsp3) is 0.318. The number of anilines is 1. The first kappa shape index (κ1) is 17.8. The molecule has 1 aromatic heterocycles. The first-order valence-corrected chi connectivity index (χ1v) is 9.44. The average molecular weight is 363 g/mol. The number of pyridine rings is 1. The van der Waals surface area contributed by atoms with E-state index in [0.29, 0.717) is 0 Å². The Labute approximate surface area is 159 Å². The summed E-state index contributed by atoms with van der Waals surface area (Å²) in [5.41, 5.74) is 2.94. The number of rotatable bonds is 5. The van der Waals surface area contributed by atoms with Crippen molar-refractivity contribution in [3.05, 3.63) is 65.0 Å². The molecule has 1 aliphatic rings. The standard InChI is InChI=1S/C22H25N3O2/c1-24(9-10-25-11-13-27-14-12-25)19-7-8-20-18(15-19)16-21(23-22(20)26)17-5-3-2-4-6-17/h2-8,15-16H,9-14H2,1H3,(H,23,26). The Bertz CT molecular complexity index is 962. The third-order valence-electron chi connectivity index (χ3n) is 5.21. The summed E-state index contributed by atoms with van der Waals surface area (Å²) in [5, 5.41) is 1.69. The summed E-state index contributed by atoms with van der Waals surface area (Å²) in [7, 11) is 2.10. The van der Waals surface area contributed by atoms with E-state index >= 15 is 0 Å². The number of aromatic nitrogens is 1. The maximum Gasteiger partial charge on any atom is 0.256 e. The van der Waals surface area contributed by atoms with Crippen LogP contribution in [0.2, 0.25) is 0 Å². The van der Waals surface area contributed by atoms with Crippen molar-refractivity contribution in [3.8, 4) is 11.3 Å². The topological polar surface area (TPSA) is 48.6 Å². The van der Waals surface area contributed by atoms with Crippen molar-refractivity contribution in [2.24, 2.45) is 0 Å². The number of nitrogens with zero attached hydrogens (tertiary/aromatic N) is 2. The maximum absolute atomic E-state index is 12.5. The minimum atomic E-state index is -0.0473. The molecule has 4 rings (SSSR count). The summed E-state index contributed by atoms with van der Waals surface area (Å²) in [6.45, 7) is 5.61. The van der Waals surface area contributed by atoms with Gasteiger partial charge in [0.2, 0.25) is 0 Å². The Morgan fingerprint density at radius 2 is 1.85 bits per heavy atom. The third-order valence-corrected chi connectivity index (χ3v) is 5.21. The number of benzene rings is 2. The number of H-pyrrole nitrogens is 1. The van der Waals surface area contributed by atoms with E-state index in [-0.39, 0.29) is 5.56 Å². The zero-order valence-corrected chi connectivity index (χ0v) is 15.6. The maximum atomic E-state index is 12.5. The van der Waals surface area contributed by atoms with Crippen LogP contribution < -0.4 is 10.5 Å². The van der Waals surface area contributed by atoms with E-state index in [4.69, 9.17) is 4.74 Å². The molecule has 0 aliphatic carbocycles. The van der Waals surface area contributed by atoms with Gasteiger partial charge in [-0.3, -0.25) is 9.69 Å². The second-order valence-corrected chi connectivity index (χ2v) is 7.03. The number of likely N-dealkylation sites (N-methyl/N-ethyl adjacent to an activating group) is 1. The van der Waals surface area contributed by atoms with Gasteiger partial charge < -0.3 is 14.6 Å². The molecule has 1 aliphatic heterocycles. The third kappa shape index (κ3) is 4.04. The summed E-state index contributed by atoms with van der Waals surface area (Å²) < 4.78 is 5.41. The quantitative estimate of drug-likeness (QED) is 0.757. The highest BCUT2D eigenvalue weighted by atomic mass is 16.5. The lowest BCUT2D eigenvalue weighted by Crippen LogP contribution is -2.40. The molecule has 0 amide bonds. The van der Waals surface area contributed by atoms with Gasteiger partial charge in [0.1, 0.15) is 0 Å². The van der Waals surface area contributed by atoms with Crippen molar-refractivity contribution in [2.75, 3.05) is 51.3 Å². The first-order valence-electron chi connectivity index (χ1n) is 9.44. The first-order chi connectivity index (χ1) is 13.2. The van der Waals surface area contributed by atoms with Crippen LogP contribution in [0.25, 0.3) is 22.0 Å². The monoisotopic (exact) mass is 363 g/mol. The molecule has 5 heteroatoms. The molecule has 0 spiro atoms. The summed E-state index contributed by atoms with van der Waals surface area (Å²) in [6, 6.07) is 18.1. The van der Waals surface area contributed by atoms with Gasteiger partial charge >= 0.3 is 0 Å². The van der Waals surface area contributed by atoms with Crippen LogP contribution in [-0.2, 0) is 4.74 Å². The molecule has 2 heterocycles. The second-order valence-electron chi connectivity index (χ2n) is 7.03. The molecule has 0 unspecified atom stereocenters. The summed E-state index contributed by atoms with van der Waals surface area (Å²) in [4.78, 5) is 20.2. The van der Waals surface area contributed by atoms with Crippen molar-refractivity contribution >= 4 is 16.5 Å². The van der Waals surface area contributed by atoms with Gasteiger partial charge in [-0.05, 0) is 35.2 Å². The van der Waals surface area contributed by atoms with Gasteiger partial charge in [0.25, 0.3) is 5.56 Å². The Balaban J connectivity index is 1.57. The lowest BCUT2D eigenvalue weighted by Gasteiger charge is -2.29. The van der Waals surface area contributed by atoms with Gasteiger partial charge in [0.05, 0.1) is 13.2 Å². The van der Waals surface area contributed by atoms with Gasteiger partial charge in [-0.25, -0.2) is 0 Å². The van der Waals surface area contributed by atoms with Crippen molar-refractivity contribution < 1.29 is 4.74 Å². The van der Waals surface area contributed by atoms with Crippen molar-refractivity contribution in [3.63, 3.8) is 0 Å². The van der Waals surface area contributed by atoms with Crippen molar-refractivity contribution in [2.45, 2.75) is 0 Å². The Morgan fingerprint density at radius 1 is 1.07 bits per heavy atom. The van der Waals surface area contributed by atoms with Gasteiger partial charge in [-0.2, -0.15) is 0 Å². The van der Waals surface area contributed by atoms with Gasteiger partial charge in [-0.15, -0.1) is 0 Å². The summed E-state index contributed by atoms with van der Waals surface area (Å²) in [5.74, 6) is 0. The molecule has 1 fully saturated rings. The predicted molar refractivity (Wildman–Crippen MR) is 111 cm³/mol. The van der Waals surface area contributed by atoms with E-state index in [2.05, 4.69) is 34.0 Å². The normalized spacial score (nSPS) is 15.1. The minimum absolute atomic E-state index is 0.0473. The number of ether oxygens (including phenoxy) is 1. The fourth-order valence-corrected chi connectivity index (χ4v) is 3.51. The van der Waals surface area contributed by atoms with Crippen LogP contribution in [0.4, 0.5) is 5.69 Å². The molecule has 3 aromatic rings. The van der Waals surface area contributed by atoms with E-state index in [0.717, 1.165) is 67.1 Å². The summed E-state index contributed by atoms with van der Waals surface area (Å²) in [6.07, 6.45) is 0. The largest absolute Gasteiger partial charge is 0.379 e. The van der Waals surface area contributed by atoms with Crippen LogP contribution in [0, 0.1) is 0 Å². The highest BCUT2D eigenvalue weighted by Crippen LogP contribution is 2.23. The number of fused-ring (bicyclic) bond motifs is 1. The zero-order chi connectivity index (χ0) is 18.6. The lowest BCUT2D eigenvalue weighted by molar-refractivity contribution is 0.0393. The van der Waals surface area contributed by atoms with Crippen LogP contribution in [0.15, 0.2) is 59.4 Å². The predicted octanol–water partition coefficient (Wildman–Crippen LogP) is 2.96. The second kappa shape index (κ2) is 7.94. The number of aromatic amines is 1. The van der Waals surface area contributed by atoms with Crippen LogP contribution >= 0.6 is 0 Å². The minimum Gasteiger partial charge on any atom is -0.379 e. The van der Waals surface area contributed by atoms with E-state index in [1.165, 1.54) is 0 Å². The fourth-order valence-electron chi connectivity index (χ4n) is 3.51. The van der Waals surface area contributed by atoms with Crippen molar-refractivity contribution in [1.29, 1.82) is 0 Å². The molecule has 0 atom stereocenters. The van der Waals surface area contributed by atoms with Gasteiger partial charge in [-0.1, -0.05) is 30.3 Å². The van der Waals surface area contributed by atoms with Crippen molar-refractivity contribution in [1.82, 2.24) is 9.88 Å². The Morgan fingerprint density at radius 3 is 2.63 bits per heavy atom. The smallest absolute Gasteiger partial charge is 0.256 e. The van der Waals surface area contributed by atoms with Crippen LogP contribution in [-0.4, -0.2) is 56.3 Å². The molecule has 27 heavy (non-hydrogen) atoms. The summed E-state index contributed by atoms with van der Waals surface area (Å²) >= 11 is 0. The van der Waals surface area contributed by atoms with Crippen LogP contribution in [0.1, 0.15) is 0 Å². The molecule has 0 bridgehead atoms. The van der Waals surface area contributed by atoms with Crippen LogP contribution in [0.3, 0.4) is 0 Å². The van der Waals surface area contributed by atoms with Gasteiger partial charge in [0.15, 0.2) is 0 Å². The van der Waals surface area contributed by atoms with Gasteiger partial charge in [0, 0.05) is 50.0 Å². The Kier molecular flexibility index (Phi) is 5.23. The zero-order valence-electron chi connectivity index (χ0n) is 15.6. The lowest BCUT2D eigenvalue weighted by atomic mass is 10.1. The number of hydrogen-bond acceptors (Lipinski definition) is 4. The molecule has 2 aromatic carbocycles. The molecule has 5 nitrogen and oxygen atoms in total. The molecule has 0 radical (unpaired) electrons. The van der Waals surface area contributed by atoms with E-state index in [1.807, 2.05) is 42.5 Å². The molecule has 140 valence electrons. The number of nitrogens with one attached hydrogen (secondary N) is 1. The molecular formula is C22H25N3O2.